The highest BCUT2D eigenvalue weighted by Gasteiger charge is 2.37. The average Bonchev–Trinajstić information content (AvgIpc) is 3.35. The summed E-state index contributed by atoms with van der Waals surface area (Å²) in [5.41, 5.74) is 1.93. The van der Waals surface area contributed by atoms with Crippen molar-refractivity contribution >= 4 is 10.0 Å². The van der Waals surface area contributed by atoms with Crippen LogP contribution in [0.2, 0.25) is 0 Å². The van der Waals surface area contributed by atoms with Crippen LogP contribution in [-0.2, 0) is 22.0 Å². The zero-order valence-corrected chi connectivity index (χ0v) is 16.2. The number of fused-ring (bicyclic) bond motifs is 1. The Kier molecular flexibility index (Phi) is 4.32. The van der Waals surface area contributed by atoms with Crippen LogP contribution in [0.3, 0.4) is 0 Å². The van der Waals surface area contributed by atoms with E-state index in [1.807, 2.05) is 19.1 Å². The van der Waals surface area contributed by atoms with Crippen LogP contribution in [0.4, 0.5) is 0 Å². The third-order valence-corrected chi connectivity index (χ3v) is 7.39. The number of hydrogen-bond donors (Lipinski definition) is 0. The van der Waals surface area contributed by atoms with Crippen molar-refractivity contribution < 1.29 is 8.42 Å². The van der Waals surface area contributed by atoms with Gasteiger partial charge in [-0.15, -0.1) is 0 Å². The van der Waals surface area contributed by atoms with Gasteiger partial charge in [0.25, 0.3) is 0 Å². The lowest BCUT2D eigenvalue weighted by atomic mass is 9.86. The molecule has 1 aromatic heterocycles. The monoisotopic (exact) mass is 370 g/mol. The Hall–Kier alpha value is -1.85. The molecule has 2 heterocycles. The van der Waals surface area contributed by atoms with Gasteiger partial charge in [0, 0.05) is 36.9 Å². The fourth-order valence-electron chi connectivity index (χ4n) is 3.71. The van der Waals surface area contributed by atoms with Gasteiger partial charge in [-0.25, -0.2) is 8.42 Å². The Morgan fingerprint density at radius 2 is 1.85 bits per heavy atom. The van der Waals surface area contributed by atoms with E-state index in [1.165, 1.54) is 18.5 Å². The first kappa shape index (κ1) is 17.6. The number of aromatic nitrogens is 1. The lowest BCUT2D eigenvalue weighted by molar-refractivity contribution is 0.368. The third-order valence-electron chi connectivity index (χ3n) is 5.53. The normalized spacial score (nSPS) is 24.5. The van der Waals surface area contributed by atoms with E-state index in [9.17, 15) is 8.42 Å². The summed E-state index contributed by atoms with van der Waals surface area (Å²) in [7, 11) is -3.51. The van der Waals surface area contributed by atoms with Gasteiger partial charge in [-0.2, -0.15) is 4.31 Å². The molecule has 0 bridgehead atoms. The van der Waals surface area contributed by atoms with Crippen LogP contribution in [0.15, 0.2) is 59.6 Å². The Bertz CT molecular complexity index is 923. The molecular weight excluding hydrogens is 344 g/mol. The summed E-state index contributed by atoms with van der Waals surface area (Å²) in [4.78, 5) is 0.378. The molecular formula is C21H26N2O2S. The number of allylic oxidation sites excluding steroid dienone is 1. The number of aryl methyl sites for hydroxylation is 1. The van der Waals surface area contributed by atoms with Crippen LogP contribution in [0.1, 0.15) is 31.0 Å². The molecule has 26 heavy (non-hydrogen) atoms. The van der Waals surface area contributed by atoms with Crippen LogP contribution >= 0.6 is 0 Å². The summed E-state index contributed by atoms with van der Waals surface area (Å²) >= 11 is 0. The second kappa shape index (κ2) is 6.39. The molecule has 1 fully saturated rings. The van der Waals surface area contributed by atoms with Crippen LogP contribution in [0.5, 0.6) is 0 Å². The van der Waals surface area contributed by atoms with Gasteiger partial charge in [0.2, 0.25) is 10.0 Å². The predicted octanol–water partition coefficient (Wildman–Crippen LogP) is 3.72. The van der Waals surface area contributed by atoms with Crippen LogP contribution in [0, 0.1) is 12.8 Å². The van der Waals surface area contributed by atoms with E-state index in [2.05, 4.69) is 42.0 Å². The zero-order valence-electron chi connectivity index (χ0n) is 15.4. The van der Waals surface area contributed by atoms with Gasteiger partial charge < -0.3 is 4.57 Å². The van der Waals surface area contributed by atoms with Crippen molar-refractivity contribution in [1.29, 1.82) is 0 Å². The molecule has 1 atom stereocenters. The van der Waals surface area contributed by atoms with Gasteiger partial charge in [0.05, 0.1) is 4.90 Å². The molecule has 1 aliphatic carbocycles. The molecule has 1 aliphatic heterocycles. The summed E-state index contributed by atoms with van der Waals surface area (Å²) in [5.74, 6) is 0.667. The van der Waals surface area contributed by atoms with Gasteiger partial charge in [-0.05, 0) is 56.9 Å². The molecule has 0 unspecified atom stereocenters. The van der Waals surface area contributed by atoms with Crippen molar-refractivity contribution in [2.45, 2.75) is 43.5 Å². The first-order chi connectivity index (χ1) is 12.4. The summed E-state index contributed by atoms with van der Waals surface area (Å²) < 4.78 is 30.4. The van der Waals surface area contributed by atoms with Crippen LogP contribution < -0.4 is 0 Å². The van der Waals surface area contributed by atoms with Crippen LogP contribution in [0.25, 0.3) is 0 Å². The average molecular weight is 371 g/mol. The number of sulfonamides is 1. The van der Waals surface area contributed by atoms with Crippen molar-refractivity contribution in [3.8, 4) is 0 Å². The minimum Gasteiger partial charge on any atom is -0.349 e. The first-order valence-electron chi connectivity index (χ1n) is 9.30. The van der Waals surface area contributed by atoms with E-state index < -0.39 is 10.0 Å². The molecule has 0 saturated heterocycles. The maximum Gasteiger partial charge on any atom is 0.243 e. The number of benzene rings is 1. The molecule has 1 saturated carbocycles. The summed E-state index contributed by atoms with van der Waals surface area (Å²) in [6.07, 6.45) is 9.07. The SMILES string of the molecule is Cc1ccc(S(=O)(=O)N2CCn3cccc3[C@](C)(/C=C/C3CC3)C2)cc1. The highest BCUT2D eigenvalue weighted by Crippen LogP contribution is 2.36. The maximum absolute atomic E-state index is 13.3. The zero-order chi connectivity index (χ0) is 18.4. The van der Waals surface area contributed by atoms with Gasteiger partial charge in [0.15, 0.2) is 0 Å². The Morgan fingerprint density at radius 3 is 2.54 bits per heavy atom. The van der Waals surface area contributed by atoms with Crippen molar-refractivity contribution in [2.24, 2.45) is 5.92 Å². The second-order valence-corrected chi connectivity index (χ2v) is 9.79. The van der Waals surface area contributed by atoms with Crippen molar-refractivity contribution in [3.05, 3.63) is 66.0 Å². The fourth-order valence-corrected chi connectivity index (χ4v) is 5.25. The second-order valence-electron chi connectivity index (χ2n) is 7.85. The number of rotatable bonds is 4. The van der Waals surface area contributed by atoms with E-state index in [0.29, 0.717) is 30.4 Å². The maximum atomic E-state index is 13.3. The minimum atomic E-state index is -3.51. The van der Waals surface area contributed by atoms with Gasteiger partial charge in [-0.1, -0.05) is 29.8 Å². The lowest BCUT2D eigenvalue weighted by Crippen LogP contribution is -2.40. The molecule has 5 heteroatoms. The van der Waals surface area contributed by atoms with Crippen LogP contribution in [-0.4, -0.2) is 30.4 Å². The van der Waals surface area contributed by atoms with Gasteiger partial charge in [0.1, 0.15) is 0 Å². The smallest absolute Gasteiger partial charge is 0.243 e. The van der Waals surface area contributed by atoms with E-state index in [-0.39, 0.29) is 5.41 Å². The minimum absolute atomic E-state index is 0.319. The standard InChI is InChI=1S/C21H26N2O2S/c1-17-5-9-19(10-6-17)26(24,25)23-15-14-22-13-3-4-20(22)21(2,16-23)12-11-18-7-8-18/h3-6,9-13,18H,7-8,14-16H2,1-2H3/b12-11+/t21-/m1/s1. The molecule has 2 aliphatic rings. The number of nitrogens with zero attached hydrogens (tertiary/aromatic N) is 2. The highest BCUT2D eigenvalue weighted by atomic mass is 32.2. The van der Waals surface area contributed by atoms with Gasteiger partial charge >= 0.3 is 0 Å². The molecule has 0 radical (unpaired) electrons. The molecule has 0 spiro atoms. The van der Waals surface area contributed by atoms with E-state index in [0.717, 1.165) is 5.56 Å². The largest absolute Gasteiger partial charge is 0.349 e. The fraction of sp³-hybridized carbons (Fsp3) is 0.429. The van der Waals surface area contributed by atoms with Crippen molar-refractivity contribution in [3.63, 3.8) is 0 Å². The molecule has 2 aromatic rings. The predicted molar refractivity (Wildman–Crippen MR) is 104 cm³/mol. The molecule has 4 nitrogen and oxygen atoms in total. The summed E-state index contributed by atoms with van der Waals surface area (Å²) in [6, 6.07) is 11.3. The third kappa shape index (κ3) is 3.26. The topological polar surface area (TPSA) is 42.3 Å². The summed E-state index contributed by atoms with van der Waals surface area (Å²) in [5, 5.41) is 0. The van der Waals surface area contributed by atoms with E-state index in [1.54, 1.807) is 16.4 Å². The van der Waals surface area contributed by atoms with Crippen molar-refractivity contribution in [1.82, 2.24) is 8.87 Å². The van der Waals surface area contributed by atoms with E-state index >= 15 is 0 Å². The Balaban J connectivity index is 1.70. The molecule has 4 rings (SSSR count). The molecule has 1 aromatic carbocycles. The quantitative estimate of drug-likeness (QED) is 0.770. The summed E-state index contributed by atoms with van der Waals surface area (Å²) in [6.45, 7) is 5.76. The van der Waals surface area contributed by atoms with E-state index in [4.69, 9.17) is 0 Å². The number of hydrogen-bond acceptors (Lipinski definition) is 2. The lowest BCUT2D eigenvalue weighted by Gasteiger charge is -2.30. The molecule has 0 amide bonds. The molecule has 0 N–H and O–H groups in total. The van der Waals surface area contributed by atoms with Crippen molar-refractivity contribution in [2.75, 3.05) is 13.1 Å². The highest BCUT2D eigenvalue weighted by molar-refractivity contribution is 7.89. The molecule has 138 valence electrons. The first-order valence-corrected chi connectivity index (χ1v) is 10.7. The Morgan fingerprint density at radius 1 is 1.12 bits per heavy atom. The van der Waals surface area contributed by atoms with Gasteiger partial charge in [-0.3, -0.25) is 0 Å². The Labute approximate surface area is 156 Å².